The zero-order valence-electron chi connectivity index (χ0n) is 16.3. The van der Waals surface area contributed by atoms with Crippen LogP contribution >= 0.6 is 0 Å². The van der Waals surface area contributed by atoms with Gasteiger partial charge in [-0.05, 0) is 49.4 Å². The van der Waals surface area contributed by atoms with Gasteiger partial charge in [-0.25, -0.2) is 0 Å². The van der Waals surface area contributed by atoms with Crippen molar-refractivity contribution in [3.8, 4) is 5.75 Å². The van der Waals surface area contributed by atoms with E-state index in [0.717, 1.165) is 11.3 Å². The third-order valence-electron chi connectivity index (χ3n) is 4.27. The second-order valence-corrected chi connectivity index (χ2v) is 7.59. The highest BCUT2D eigenvalue weighted by Gasteiger charge is 2.15. The third kappa shape index (κ3) is 5.63. The molecule has 2 aromatic rings. The molecule has 1 aromatic carbocycles. The minimum atomic E-state index is -0.654. The molecule has 1 heterocycles. The molecule has 2 rings (SSSR count). The summed E-state index contributed by atoms with van der Waals surface area (Å²) in [5.41, 5.74) is 2.07. The predicted octanol–water partition coefficient (Wildman–Crippen LogP) is 3.81. The number of furan rings is 1. The first-order valence-electron chi connectivity index (χ1n) is 8.92. The largest absolute Gasteiger partial charge is 0.484 e. The summed E-state index contributed by atoms with van der Waals surface area (Å²) in [5, 5.41) is 12.9. The molecule has 0 saturated carbocycles. The van der Waals surface area contributed by atoms with Gasteiger partial charge >= 0.3 is 0 Å². The third-order valence-corrected chi connectivity index (χ3v) is 4.27. The number of amides is 1. The molecule has 1 unspecified atom stereocenters. The molecule has 1 amide bonds. The predicted molar refractivity (Wildman–Crippen MR) is 101 cm³/mol. The first-order chi connectivity index (χ1) is 12.2. The van der Waals surface area contributed by atoms with Crippen molar-refractivity contribution >= 4 is 5.91 Å². The van der Waals surface area contributed by atoms with Crippen LogP contribution in [0.3, 0.4) is 0 Å². The van der Waals surface area contributed by atoms with Crippen LogP contribution in [0.1, 0.15) is 55.9 Å². The molecule has 0 radical (unpaired) electrons. The summed E-state index contributed by atoms with van der Waals surface area (Å²) in [6.07, 6.45) is -0.232. The van der Waals surface area contributed by atoms with Gasteiger partial charge in [0, 0.05) is 12.1 Å². The SMILES string of the molecule is Cc1cc(C(O)CCNC(=O)COc2ccc(C(C)(C)C)cc2)c(C)o1. The van der Waals surface area contributed by atoms with Crippen molar-refractivity contribution in [2.45, 2.75) is 52.6 Å². The molecule has 5 nitrogen and oxygen atoms in total. The molecule has 0 bridgehead atoms. The summed E-state index contributed by atoms with van der Waals surface area (Å²) in [6.45, 7) is 10.4. The van der Waals surface area contributed by atoms with Crippen molar-refractivity contribution in [3.05, 3.63) is 53.0 Å². The lowest BCUT2D eigenvalue weighted by Gasteiger charge is -2.19. The van der Waals surface area contributed by atoms with Gasteiger partial charge in [0.25, 0.3) is 5.91 Å². The van der Waals surface area contributed by atoms with Gasteiger partial charge in [0.05, 0.1) is 6.10 Å². The lowest BCUT2D eigenvalue weighted by Crippen LogP contribution is -2.30. The number of nitrogens with one attached hydrogen (secondary N) is 1. The van der Waals surface area contributed by atoms with Crippen LogP contribution in [0, 0.1) is 13.8 Å². The Kier molecular flexibility index (Phi) is 6.48. The number of benzene rings is 1. The van der Waals surface area contributed by atoms with Gasteiger partial charge in [-0.1, -0.05) is 32.9 Å². The number of rotatable bonds is 7. The van der Waals surface area contributed by atoms with E-state index in [4.69, 9.17) is 9.15 Å². The van der Waals surface area contributed by atoms with E-state index in [-0.39, 0.29) is 17.9 Å². The van der Waals surface area contributed by atoms with Crippen LogP contribution in [-0.4, -0.2) is 24.2 Å². The Bertz CT molecular complexity index is 725. The lowest BCUT2D eigenvalue weighted by molar-refractivity contribution is -0.123. The standard InChI is InChI=1S/C21H29NO4/c1-14-12-18(15(2)26-14)19(23)10-11-22-20(24)13-25-17-8-6-16(7-9-17)21(3,4)5/h6-9,12,19,23H,10-11,13H2,1-5H3,(H,22,24). The van der Waals surface area contributed by atoms with E-state index in [1.54, 1.807) is 0 Å². The number of carbonyl (C=O) groups is 1. The van der Waals surface area contributed by atoms with Crippen molar-refractivity contribution in [2.75, 3.05) is 13.2 Å². The Labute approximate surface area is 155 Å². The maximum atomic E-state index is 11.9. The van der Waals surface area contributed by atoms with Crippen LogP contribution < -0.4 is 10.1 Å². The van der Waals surface area contributed by atoms with Crippen molar-refractivity contribution in [1.82, 2.24) is 5.32 Å². The Morgan fingerprint density at radius 1 is 1.23 bits per heavy atom. The molecule has 0 spiro atoms. The Hall–Kier alpha value is -2.27. The van der Waals surface area contributed by atoms with Crippen molar-refractivity contribution in [2.24, 2.45) is 0 Å². The van der Waals surface area contributed by atoms with Crippen LogP contribution in [0.4, 0.5) is 0 Å². The fourth-order valence-electron chi connectivity index (χ4n) is 2.74. The molecule has 0 aliphatic carbocycles. The van der Waals surface area contributed by atoms with Gasteiger partial charge < -0.3 is 19.6 Å². The Balaban J connectivity index is 1.73. The first-order valence-corrected chi connectivity index (χ1v) is 8.92. The summed E-state index contributed by atoms with van der Waals surface area (Å²) in [7, 11) is 0. The van der Waals surface area contributed by atoms with E-state index in [1.807, 2.05) is 44.2 Å². The van der Waals surface area contributed by atoms with Gasteiger partial charge in [-0.15, -0.1) is 0 Å². The van der Waals surface area contributed by atoms with Crippen LogP contribution in [0.15, 0.2) is 34.7 Å². The fourth-order valence-corrected chi connectivity index (χ4v) is 2.74. The summed E-state index contributed by atoms with van der Waals surface area (Å²) >= 11 is 0. The molecular weight excluding hydrogens is 330 g/mol. The Morgan fingerprint density at radius 3 is 2.42 bits per heavy atom. The van der Waals surface area contributed by atoms with Crippen LogP contribution in [0.5, 0.6) is 5.75 Å². The second kappa shape index (κ2) is 8.41. The number of hydrogen-bond acceptors (Lipinski definition) is 4. The normalized spacial score (nSPS) is 12.7. The van der Waals surface area contributed by atoms with E-state index in [9.17, 15) is 9.90 Å². The van der Waals surface area contributed by atoms with Gasteiger partial charge in [-0.2, -0.15) is 0 Å². The number of ether oxygens (including phenoxy) is 1. The number of aliphatic hydroxyl groups is 1. The molecule has 1 aromatic heterocycles. The highest BCUT2D eigenvalue weighted by atomic mass is 16.5. The average molecular weight is 359 g/mol. The second-order valence-electron chi connectivity index (χ2n) is 7.59. The molecule has 1 atom stereocenters. The van der Waals surface area contributed by atoms with E-state index >= 15 is 0 Å². The Morgan fingerprint density at radius 2 is 1.88 bits per heavy atom. The topological polar surface area (TPSA) is 71.7 Å². The van der Waals surface area contributed by atoms with Crippen LogP contribution in [0.2, 0.25) is 0 Å². The highest BCUT2D eigenvalue weighted by molar-refractivity contribution is 5.77. The molecule has 5 heteroatoms. The molecule has 0 aliphatic rings. The molecule has 26 heavy (non-hydrogen) atoms. The molecule has 0 saturated heterocycles. The summed E-state index contributed by atoms with van der Waals surface area (Å²) in [5.74, 6) is 1.93. The zero-order chi connectivity index (χ0) is 19.3. The lowest BCUT2D eigenvalue weighted by atomic mass is 9.87. The first kappa shape index (κ1) is 20.0. The number of carbonyl (C=O) groups excluding carboxylic acids is 1. The highest BCUT2D eigenvalue weighted by Crippen LogP contribution is 2.24. The molecule has 0 aliphatic heterocycles. The molecular formula is C21H29NO4. The van der Waals surface area contributed by atoms with E-state index < -0.39 is 6.10 Å². The minimum Gasteiger partial charge on any atom is -0.484 e. The van der Waals surface area contributed by atoms with Gasteiger partial charge in [0.2, 0.25) is 0 Å². The monoisotopic (exact) mass is 359 g/mol. The summed E-state index contributed by atoms with van der Waals surface area (Å²) < 4.78 is 10.9. The number of aryl methyl sites for hydroxylation is 2. The van der Waals surface area contributed by atoms with Crippen LogP contribution in [0.25, 0.3) is 0 Å². The van der Waals surface area contributed by atoms with Gasteiger partial charge in [0.1, 0.15) is 17.3 Å². The van der Waals surface area contributed by atoms with Crippen molar-refractivity contribution in [3.63, 3.8) is 0 Å². The maximum Gasteiger partial charge on any atom is 0.257 e. The van der Waals surface area contributed by atoms with Gasteiger partial charge in [-0.3, -0.25) is 4.79 Å². The van der Waals surface area contributed by atoms with E-state index in [0.29, 0.717) is 24.5 Å². The van der Waals surface area contributed by atoms with E-state index in [1.165, 1.54) is 5.56 Å². The molecule has 0 fully saturated rings. The molecule has 2 N–H and O–H groups in total. The zero-order valence-corrected chi connectivity index (χ0v) is 16.3. The summed E-state index contributed by atoms with van der Waals surface area (Å²) in [6, 6.07) is 9.60. The summed E-state index contributed by atoms with van der Waals surface area (Å²) in [4.78, 5) is 11.9. The smallest absolute Gasteiger partial charge is 0.257 e. The van der Waals surface area contributed by atoms with Crippen molar-refractivity contribution < 1.29 is 19.1 Å². The fraction of sp³-hybridized carbons (Fsp3) is 0.476. The average Bonchev–Trinajstić information content (AvgIpc) is 2.91. The van der Waals surface area contributed by atoms with E-state index in [2.05, 4.69) is 26.1 Å². The number of aliphatic hydroxyl groups excluding tert-OH is 1. The van der Waals surface area contributed by atoms with Crippen molar-refractivity contribution in [1.29, 1.82) is 0 Å². The maximum absolute atomic E-state index is 11.9. The van der Waals surface area contributed by atoms with Crippen LogP contribution in [-0.2, 0) is 10.2 Å². The minimum absolute atomic E-state index is 0.0468. The quantitative estimate of drug-likeness (QED) is 0.788. The molecule has 142 valence electrons. The number of hydrogen-bond donors (Lipinski definition) is 2. The van der Waals surface area contributed by atoms with Gasteiger partial charge in [0.15, 0.2) is 6.61 Å².